The van der Waals surface area contributed by atoms with Crippen LogP contribution in [0.15, 0.2) is 65.1 Å². The van der Waals surface area contributed by atoms with Crippen LogP contribution >= 0.6 is 15.9 Å². The highest BCUT2D eigenvalue weighted by Gasteiger charge is 2.15. The lowest BCUT2D eigenvalue weighted by Gasteiger charge is -2.29. The summed E-state index contributed by atoms with van der Waals surface area (Å²) in [5.41, 5.74) is 2.54. The van der Waals surface area contributed by atoms with Gasteiger partial charge in [0.1, 0.15) is 0 Å². The van der Waals surface area contributed by atoms with E-state index in [1.165, 1.54) is 0 Å². The van der Waals surface area contributed by atoms with Crippen molar-refractivity contribution < 1.29 is 9.53 Å². The maximum atomic E-state index is 12.6. The molecule has 26 heavy (non-hydrogen) atoms. The monoisotopic (exact) mass is 410 g/mol. The smallest absolute Gasteiger partial charge is 0.255 e. The van der Waals surface area contributed by atoms with Crippen LogP contribution in [0, 0.1) is 0 Å². The first-order chi connectivity index (χ1) is 12.7. The normalized spacial score (nSPS) is 14.4. The van der Waals surface area contributed by atoms with Crippen molar-refractivity contribution in [3.63, 3.8) is 0 Å². The molecule has 1 aliphatic rings. The summed E-state index contributed by atoms with van der Waals surface area (Å²) in [6.07, 6.45) is 0. The molecule has 4 rings (SSSR count). The van der Waals surface area contributed by atoms with Gasteiger partial charge in [-0.1, -0.05) is 30.3 Å². The summed E-state index contributed by atoms with van der Waals surface area (Å²) in [5.74, 6) is -0.109. The number of ether oxygens (including phenoxy) is 1. The third-order valence-electron chi connectivity index (χ3n) is 4.57. The summed E-state index contributed by atoms with van der Waals surface area (Å²) in [6.45, 7) is 3.24. The summed E-state index contributed by atoms with van der Waals surface area (Å²) in [6, 6.07) is 19.7. The molecule has 1 heterocycles. The van der Waals surface area contributed by atoms with Crippen LogP contribution in [0.2, 0.25) is 0 Å². The molecule has 0 unspecified atom stereocenters. The Hall–Kier alpha value is -2.37. The van der Waals surface area contributed by atoms with Gasteiger partial charge in [-0.05, 0) is 57.0 Å². The van der Waals surface area contributed by atoms with Gasteiger partial charge in [0.25, 0.3) is 5.91 Å². The number of amides is 1. The maximum Gasteiger partial charge on any atom is 0.255 e. The number of nitrogens with one attached hydrogen (secondary N) is 1. The Morgan fingerprint density at radius 1 is 0.962 bits per heavy atom. The van der Waals surface area contributed by atoms with Gasteiger partial charge in [-0.2, -0.15) is 0 Å². The lowest BCUT2D eigenvalue weighted by molar-refractivity contribution is 0.102. The zero-order valence-corrected chi connectivity index (χ0v) is 15.8. The number of hydrogen-bond acceptors (Lipinski definition) is 3. The fourth-order valence-corrected chi connectivity index (χ4v) is 3.81. The standard InChI is InChI=1S/C21H19BrN2O2/c22-19-14-18(7-8-20(19)24-9-11-26-12-10-24)23-21(25)17-6-5-15-3-1-2-4-16(15)13-17/h1-8,13-14H,9-12H2,(H,23,25). The predicted molar refractivity (Wildman–Crippen MR) is 109 cm³/mol. The number of carbonyl (C=O) groups excluding carboxylic acids is 1. The second-order valence-corrected chi connectivity index (χ2v) is 7.14. The lowest BCUT2D eigenvalue weighted by Crippen LogP contribution is -2.36. The summed E-state index contributed by atoms with van der Waals surface area (Å²) < 4.78 is 6.37. The van der Waals surface area contributed by atoms with Crippen LogP contribution in [-0.4, -0.2) is 32.2 Å². The number of hydrogen-bond donors (Lipinski definition) is 1. The summed E-state index contributed by atoms with van der Waals surface area (Å²) in [4.78, 5) is 14.9. The Bertz CT molecular complexity index is 952. The Balaban J connectivity index is 1.52. The Kier molecular flexibility index (Phi) is 4.91. The second kappa shape index (κ2) is 7.48. The van der Waals surface area contributed by atoms with E-state index in [1.807, 2.05) is 60.7 Å². The Morgan fingerprint density at radius 3 is 2.50 bits per heavy atom. The van der Waals surface area contributed by atoms with Gasteiger partial charge in [-0.15, -0.1) is 0 Å². The molecule has 0 aliphatic carbocycles. The van der Waals surface area contributed by atoms with Crippen LogP contribution < -0.4 is 10.2 Å². The molecule has 0 aromatic heterocycles. The van der Waals surface area contributed by atoms with E-state index in [2.05, 4.69) is 26.1 Å². The molecule has 1 N–H and O–H groups in total. The number of benzene rings is 3. The van der Waals surface area contributed by atoms with E-state index in [9.17, 15) is 4.79 Å². The molecule has 0 saturated carbocycles. The zero-order valence-electron chi connectivity index (χ0n) is 14.2. The van der Waals surface area contributed by atoms with Gasteiger partial charge in [0, 0.05) is 28.8 Å². The number of rotatable bonds is 3. The van der Waals surface area contributed by atoms with Crippen molar-refractivity contribution in [1.82, 2.24) is 0 Å². The first-order valence-corrected chi connectivity index (χ1v) is 9.42. The fraction of sp³-hybridized carbons (Fsp3) is 0.190. The summed E-state index contributed by atoms with van der Waals surface area (Å²) in [7, 11) is 0. The van der Waals surface area contributed by atoms with E-state index in [1.54, 1.807) is 0 Å². The molecule has 1 aliphatic heterocycles. The number of fused-ring (bicyclic) bond motifs is 1. The van der Waals surface area contributed by atoms with E-state index in [-0.39, 0.29) is 5.91 Å². The molecular weight excluding hydrogens is 392 g/mol. The summed E-state index contributed by atoms with van der Waals surface area (Å²) in [5, 5.41) is 5.17. The Labute approximate surface area is 160 Å². The molecule has 3 aromatic carbocycles. The van der Waals surface area contributed by atoms with Gasteiger partial charge < -0.3 is 15.0 Å². The third kappa shape index (κ3) is 3.59. The van der Waals surface area contributed by atoms with Gasteiger partial charge in [-0.25, -0.2) is 0 Å². The number of nitrogens with zero attached hydrogens (tertiary/aromatic N) is 1. The minimum Gasteiger partial charge on any atom is -0.378 e. The van der Waals surface area contributed by atoms with Crippen LogP contribution in [0.1, 0.15) is 10.4 Å². The van der Waals surface area contributed by atoms with Gasteiger partial charge in [0.15, 0.2) is 0 Å². The maximum absolute atomic E-state index is 12.6. The number of halogens is 1. The van der Waals surface area contributed by atoms with Crippen molar-refractivity contribution in [2.24, 2.45) is 0 Å². The highest BCUT2D eigenvalue weighted by Crippen LogP contribution is 2.30. The quantitative estimate of drug-likeness (QED) is 0.680. The van der Waals surface area contributed by atoms with Crippen LogP contribution in [0.25, 0.3) is 10.8 Å². The van der Waals surface area contributed by atoms with Crippen molar-refractivity contribution in [2.75, 3.05) is 36.5 Å². The third-order valence-corrected chi connectivity index (χ3v) is 5.20. The SMILES string of the molecule is O=C(Nc1ccc(N2CCOCC2)c(Br)c1)c1ccc2ccccc2c1. The average Bonchev–Trinajstić information content (AvgIpc) is 2.68. The molecule has 0 bridgehead atoms. The van der Waals surface area contributed by atoms with Crippen molar-refractivity contribution in [2.45, 2.75) is 0 Å². The molecule has 5 heteroatoms. The number of carbonyl (C=O) groups is 1. The van der Waals surface area contributed by atoms with Gasteiger partial charge in [-0.3, -0.25) is 4.79 Å². The first kappa shape index (κ1) is 17.1. The van der Waals surface area contributed by atoms with E-state index in [0.717, 1.165) is 52.9 Å². The molecule has 0 spiro atoms. The molecule has 1 saturated heterocycles. The molecule has 132 valence electrons. The van der Waals surface area contributed by atoms with Crippen LogP contribution in [0.4, 0.5) is 11.4 Å². The minimum absolute atomic E-state index is 0.109. The highest BCUT2D eigenvalue weighted by molar-refractivity contribution is 9.10. The highest BCUT2D eigenvalue weighted by atomic mass is 79.9. The molecule has 4 nitrogen and oxygen atoms in total. The average molecular weight is 411 g/mol. The molecular formula is C21H19BrN2O2. The first-order valence-electron chi connectivity index (χ1n) is 8.63. The molecule has 3 aromatic rings. The minimum atomic E-state index is -0.109. The van der Waals surface area contributed by atoms with Gasteiger partial charge in [0.2, 0.25) is 0 Å². The Morgan fingerprint density at radius 2 is 1.73 bits per heavy atom. The van der Waals surface area contributed by atoms with E-state index >= 15 is 0 Å². The number of morpholine rings is 1. The predicted octanol–water partition coefficient (Wildman–Crippen LogP) is 4.69. The van der Waals surface area contributed by atoms with Crippen molar-refractivity contribution in [3.8, 4) is 0 Å². The molecule has 0 atom stereocenters. The van der Waals surface area contributed by atoms with Gasteiger partial charge in [0.05, 0.1) is 18.9 Å². The largest absolute Gasteiger partial charge is 0.378 e. The fourth-order valence-electron chi connectivity index (χ4n) is 3.18. The van der Waals surface area contributed by atoms with Crippen molar-refractivity contribution in [3.05, 3.63) is 70.7 Å². The van der Waals surface area contributed by atoms with E-state index < -0.39 is 0 Å². The lowest BCUT2D eigenvalue weighted by atomic mass is 10.1. The van der Waals surface area contributed by atoms with Crippen LogP contribution in [0.3, 0.4) is 0 Å². The molecule has 1 amide bonds. The summed E-state index contributed by atoms with van der Waals surface area (Å²) >= 11 is 3.63. The number of anilines is 2. The van der Waals surface area contributed by atoms with Gasteiger partial charge >= 0.3 is 0 Å². The van der Waals surface area contributed by atoms with E-state index in [0.29, 0.717) is 5.56 Å². The van der Waals surface area contributed by atoms with Crippen LogP contribution in [0.5, 0.6) is 0 Å². The second-order valence-electron chi connectivity index (χ2n) is 6.28. The van der Waals surface area contributed by atoms with Crippen LogP contribution in [-0.2, 0) is 4.74 Å². The molecule has 0 radical (unpaired) electrons. The van der Waals surface area contributed by atoms with Crippen molar-refractivity contribution >= 4 is 44.0 Å². The van der Waals surface area contributed by atoms with E-state index in [4.69, 9.17) is 4.74 Å². The zero-order chi connectivity index (χ0) is 17.9. The topological polar surface area (TPSA) is 41.6 Å². The van der Waals surface area contributed by atoms with Crippen molar-refractivity contribution in [1.29, 1.82) is 0 Å². The molecule has 1 fully saturated rings.